The molecule has 0 atom stereocenters. The number of benzene rings is 1. The highest BCUT2D eigenvalue weighted by atomic mass is 19.1. The van der Waals surface area contributed by atoms with Crippen molar-refractivity contribution >= 4 is 5.69 Å². The summed E-state index contributed by atoms with van der Waals surface area (Å²) in [5.74, 6) is -0.238. The van der Waals surface area contributed by atoms with Crippen LogP contribution < -0.4 is 5.32 Å². The van der Waals surface area contributed by atoms with Crippen LogP contribution >= 0.6 is 0 Å². The van der Waals surface area contributed by atoms with Gasteiger partial charge in [-0.3, -0.25) is 5.32 Å². The number of hydrogen-bond acceptors (Lipinski definition) is 0. The highest BCUT2D eigenvalue weighted by molar-refractivity contribution is 5.34. The summed E-state index contributed by atoms with van der Waals surface area (Å²) >= 11 is 0. The molecule has 0 fully saturated rings. The van der Waals surface area contributed by atoms with Gasteiger partial charge in [-0.25, -0.2) is 4.39 Å². The minimum Gasteiger partial charge on any atom is -0.289 e. The van der Waals surface area contributed by atoms with Gasteiger partial charge in [-0.2, -0.15) is 0 Å². The van der Waals surface area contributed by atoms with Gasteiger partial charge in [-0.15, -0.1) is 0 Å². The minimum atomic E-state index is -0.238. The van der Waals surface area contributed by atoms with Gasteiger partial charge in [-0.1, -0.05) is 6.07 Å². The van der Waals surface area contributed by atoms with Gasteiger partial charge in [0.05, 0.1) is 5.69 Å². The first kappa shape index (κ1) is 6.08. The third-order valence-electron chi connectivity index (χ3n) is 1.07. The third kappa shape index (κ3) is 1.42. The first-order valence-corrected chi connectivity index (χ1v) is 2.68. The van der Waals surface area contributed by atoms with Crippen LogP contribution in [0.4, 0.5) is 10.1 Å². The molecular weight excluding hydrogens is 117 g/mol. The predicted octanol–water partition coefficient (Wildman–Crippen LogP) is 1.69. The average Bonchev–Trinajstić information content (AvgIpc) is 1.88. The third-order valence-corrected chi connectivity index (χ3v) is 1.07. The molecule has 0 N–H and O–H groups in total. The van der Waals surface area contributed by atoms with Crippen LogP contribution in [0.2, 0.25) is 0 Å². The van der Waals surface area contributed by atoms with Crippen LogP contribution in [0.3, 0.4) is 0 Å². The van der Waals surface area contributed by atoms with Crippen LogP contribution in [-0.2, 0) is 0 Å². The Balaban J connectivity index is 2.94. The van der Waals surface area contributed by atoms with E-state index in [9.17, 15) is 4.39 Å². The Morgan fingerprint density at radius 3 is 2.67 bits per heavy atom. The zero-order valence-corrected chi connectivity index (χ0v) is 5.13. The first-order chi connectivity index (χ1) is 4.33. The summed E-state index contributed by atoms with van der Waals surface area (Å²) in [5.41, 5.74) is 0.676. The molecule has 0 saturated carbocycles. The van der Waals surface area contributed by atoms with Crippen molar-refractivity contribution in [3.05, 3.63) is 30.1 Å². The number of nitrogens with zero attached hydrogens (tertiary/aromatic N) is 1. The number of rotatable bonds is 1. The van der Waals surface area contributed by atoms with Gasteiger partial charge < -0.3 is 0 Å². The number of halogens is 1. The molecule has 0 aliphatic carbocycles. The van der Waals surface area contributed by atoms with E-state index in [2.05, 4.69) is 5.32 Å². The van der Waals surface area contributed by atoms with Crippen LogP contribution in [0.15, 0.2) is 24.3 Å². The maximum Gasteiger partial charge on any atom is 0.125 e. The Kier molecular flexibility index (Phi) is 1.68. The van der Waals surface area contributed by atoms with Gasteiger partial charge in [0.2, 0.25) is 0 Å². The quantitative estimate of drug-likeness (QED) is 0.541. The molecule has 0 heterocycles. The smallest absolute Gasteiger partial charge is 0.125 e. The second kappa shape index (κ2) is 2.49. The number of hydrogen-bond donors (Lipinski definition) is 0. The zero-order chi connectivity index (χ0) is 6.69. The van der Waals surface area contributed by atoms with E-state index in [1.807, 2.05) is 0 Å². The Hall–Kier alpha value is -1.05. The van der Waals surface area contributed by atoms with Gasteiger partial charge in [0.1, 0.15) is 5.82 Å². The molecule has 1 aromatic carbocycles. The van der Waals surface area contributed by atoms with E-state index in [-0.39, 0.29) is 5.82 Å². The van der Waals surface area contributed by atoms with E-state index in [1.165, 1.54) is 12.1 Å². The molecule has 0 spiro atoms. The second-order valence-corrected chi connectivity index (χ2v) is 1.70. The molecule has 9 heavy (non-hydrogen) atoms. The monoisotopic (exact) mass is 124 g/mol. The fourth-order valence-electron chi connectivity index (χ4n) is 0.615. The lowest BCUT2D eigenvalue weighted by atomic mass is 10.3. The van der Waals surface area contributed by atoms with Crippen molar-refractivity contribution < 1.29 is 4.39 Å². The highest BCUT2D eigenvalue weighted by Crippen LogP contribution is 2.06. The largest absolute Gasteiger partial charge is 0.289 e. The Bertz CT molecular complexity index is 198. The lowest BCUT2D eigenvalue weighted by molar-refractivity contribution is 0.627. The van der Waals surface area contributed by atoms with Gasteiger partial charge in [0.25, 0.3) is 0 Å². The topological polar surface area (TPSA) is 14.1 Å². The molecule has 0 aliphatic heterocycles. The summed E-state index contributed by atoms with van der Waals surface area (Å²) in [6.45, 7) is 0. The lowest BCUT2D eigenvalue weighted by Crippen LogP contribution is -1.85. The summed E-state index contributed by atoms with van der Waals surface area (Å²) in [6.07, 6.45) is 0. The van der Waals surface area contributed by atoms with E-state index in [0.717, 1.165) is 0 Å². The summed E-state index contributed by atoms with van der Waals surface area (Å²) in [5, 5.41) is 3.79. The first-order valence-electron chi connectivity index (χ1n) is 2.68. The summed E-state index contributed by atoms with van der Waals surface area (Å²) in [4.78, 5) is 0. The molecule has 0 unspecified atom stereocenters. The summed E-state index contributed by atoms with van der Waals surface area (Å²) in [7, 11) is 1.63. The van der Waals surface area contributed by atoms with E-state index < -0.39 is 0 Å². The molecule has 0 bridgehead atoms. The molecule has 0 saturated heterocycles. The normalized spacial score (nSPS) is 9.11. The van der Waals surface area contributed by atoms with Gasteiger partial charge in [-0.05, 0) is 18.2 Å². The van der Waals surface area contributed by atoms with E-state index in [4.69, 9.17) is 0 Å². The van der Waals surface area contributed by atoms with Crippen LogP contribution in [0.25, 0.3) is 0 Å². The van der Waals surface area contributed by atoms with Crippen molar-refractivity contribution in [1.29, 1.82) is 0 Å². The van der Waals surface area contributed by atoms with Crippen LogP contribution in [-0.4, -0.2) is 7.05 Å². The highest BCUT2D eigenvalue weighted by Gasteiger charge is 1.89. The van der Waals surface area contributed by atoms with Crippen molar-refractivity contribution in [2.24, 2.45) is 0 Å². The van der Waals surface area contributed by atoms with Gasteiger partial charge in [0, 0.05) is 7.05 Å². The Morgan fingerprint density at radius 2 is 2.22 bits per heavy atom. The fraction of sp³-hybridized carbons (Fsp3) is 0.143. The molecule has 1 nitrogen and oxygen atoms in total. The molecule has 1 radical (unpaired) electrons. The zero-order valence-electron chi connectivity index (χ0n) is 5.13. The van der Waals surface area contributed by atoms with E-state index in [0.29, 0.717) is 5.69 Å². The van der Waals surface area contributed by atoms with Crippen molar-refractivity contribution in [2.75, 3.05) is 7.05 Å². The molecule has 0 aliphatic rings. The van der Waals surface area contributed by atoms with E-state index in [1.54, 1.807) is 19.2 Å². The molecular formula is C7H7FN. The standard InChI is InChI=1S/C7H7FN/c1-9-7-4-2-3-6(8)5-7/h2-5H,1H3. The second-order valence-electron chi connectivity index (χ2n) is 1.70. The lowest BCUT2D eigenvalue weighted by Gasteiger charge is -1.93. The molecule has 1 aromatic rings. The SMILES string of the molecule is C[N]c1cccc(F)c1. The van der Waals surface area contributed by atoms with Crippen LogP contribution in [0.5, 0.6) is 0 Å². The molecule has 2 heteroatoms. The van der Waals surface area contributed by atoms with Crippen LogP contribution in [0, 0.1) is 5.82 Å². The molecule has 0 amide bonds. The molecule has 1 rings (SSSR count). The van der Waals surface area contributed by atoms with Gasteiger partial charge >= 0.3 is 0 Å². The van der Waals surface area contributed by atoms with Gasteiger partial charge in [0.15, 0.2) is 0 Å². The maximum absolute atomic E-state index is 12.3. The minimum absolute atomic E-state index is 0.238. The summed E-state index contributed by atoms with van der Waals surface area (Å²) < 4.78 is 12.3. The Labute approximate surface area is 53.5 Å². The van der Waals surface area contributed by atoms with Crippen molar-refractivity contribution in [1.82, 2.24) is 5.32 Å². The molecule has 47 valence electrons. The molecule has 0 aromatic heterocycles. The van der Waals surface area contributed by atoms with Crippen molar-refractivity contribution in [3.63, 3.8) is 0 Å². The summed E-state index contributed by atoms with van der Waals surface area (Å²) in [6, 6.07) is 6.18. The van der Waals surface area contributed by atoms with Crippen molar-refractivity contribution in [2.45, 2.75) is 0 Å². The van der Waals surface area contributed by atoms with E-state index >= 15 is 0 Å². The van der Waals surface area contributed by atoms with Crippen LogP contribution in [0.1, 0.15) is 0 Å². The Morgan fingerprint density at radius 1 is 1.44 bits per heavy atom. The average molecular weight is 124 g/mol. The van der Waals surface area contributed by atoms with Crippen molar-refractivity contribution in [3.8, 4) is 0 Å². The predicted molar refractivity (Wildman–Crippen MR) is 34.1 cm³/mol. The fourth-order valence-corrected chi connectivity index (χ4v) is 0.615. The maximum atomic E-state index is 12.3.